The smallest absolute Gasteiger partial charge is 0.280 e. The zero-order valence-electron chi connectivity index (χ0n) is 14.5. The second-order valence-corrected chi connectivity index (χ2v) is 5.69. The van der Waals surface area contributed by atoms with E-state index in [4.69, 9.17) is 4.42 Å². The predicted molar refractivity (Wildman–Crippen MR) is 100 cm³/mol. The van der Waals surface area contributed by atoms with Gasteiger partial charge < -0.3 is 9.73 Å². The Bertz CT molecular complexity index is 1080. The fourth-order valence-electron chi connectivity index (χ4n) is 2.49. The van der Waals surface area contributed by atoms with Crippen molar-refractivity contribution in [2.45, 2.75) is 6.54 Å². The molecular formula is C20H14N4O4. The number of hydrogen-bond donors (Lipinski definition) is 1. The highest BCUT2D eigenvalue weighted by Gasteiger charge is 2.17. The van der Waals surface area contributed by atoms with Crippen molar-refractivity contribution in [1.29, 1.82) is 5.26 Å². The van der Waals surface area contributed by atoms with Crippen LogP contribution in [-0.2, 0) is 11.3 Å². The molecule has 28 heavy (non-hydrogen) atoms. The molecule has 8 nitrogen and oxygen atoms in total. The van der Waals surface area contributed by atoms with Crippen LogP contribution in [0.25, 0.3) is 17.4 Å². The fraction of sp³-hybridized carbons (Fsp3) is 0.0500. The number of aromatic nitrogens is 1. The molecule has 3 rings (SSSR count). The van der Waals surface area contributed by atoms with E-state index >= 15 is 0 Å². The van der Waals surface area contributed by atoms with E-state index in [-0.39, 0.29) is 29.3 Å². The van der Waals surface area contributed by atoms with Gasteiger partial charge in [0.15, 0.2) is 0 Å². The first-order valence-corrected chi connectivity index (χ1v) is 8.21. The van der Waals surface area contributed by atoms with E-state index in [1.54, 1.807) is 48.8 Å². The number of carbonyl (C=O) groups is 1. The zero-order valence-corrected chi connectivity index (χ0v) is 14.5. The third-order valence-electron chi connectivity index (χ3n) is 3.82. The highest BCUT2D eigenvalue weighted by Crippen LogP contribution is 2.31. The topological polar surface area (TPSA) is 122 Å². The van der Waals surface area contributed by atoms with Crippen LogP contribution in [0.2, 0.25) is 0 Å². The van der Waals surface area contributed by atoms with Crippen LogP contribution in [-0.4, -0.2) is 15.8 Å². The van der Waals surface area contributed by atoms with Gasteiger partial charge in [-0.2, -0.15) is 5.26 Å². The van der Waals surface area contributed by atoms with Crippen LogP contribution in [0.1, 0.15) is 11.3 Å². The van der Waals surface area contributed by atoms with E-state index in [0.29, 0.717) is 5.56 Å². The first-order valence-electron chi connectivity index (χ1n) is 8.21. The number of nitriles is 1. The molecule has 8 heteroatoms. The van der Waals surface area contributed by atoms with Crippen molar-refractivity contribution in [2.24, 2.45) is 0 Å². The summed E-state index contributed by atoms with van der Waals surface area (Å²) in [7, 11) is 0. The Balaban J connectivity index is 1.78. The molecule has 1 amide bonds. The van der Waals surface area contributed by atoms with Crippen molar-refractivity contribution in [2.75, 3.05) is 0 Å². The number of carbonyl (C=O) groups excluding carboxylic acids is 1. The number of para-hydroxylation sites is 1. The van der Waals surface area contributed by atoms with Crippen LogP contribution in [0.3, 0.4) is 0 Å². The number of pyridine rings is 1. The van der Waals surface area contributed by atoms with Gasteiger partial charge in [-0.05, 0) is 29.8 Å². The summed E-state index contributed by atoms with van der Waals surface area (Å²) in [6.45, 7) is 0.227. The lowest BCUT2D eigenvalue weighted by Gasteiger charge is -2.03. The lowest BCUT2D eigenvalue weighted by atomic mass is 10.1. The molecule has 0 aliphatic heterocycles. The van der Waals surface area contributed by atoms with Crippen LogP contribution in [0.4, 0.5) is 5.69 Å². The molecule has 0 atom stereocenters. The summed E-state index contributed by atoms with van der Waals surface area (Å²) in [5, 5.41) is 23.1. The fourth-order valence-corrected chi connectivity index (χ4v) is 2.49. The van der Waals surface area contributed by atoms with Crippen LogP contribution < -0.4 is 5.32 Å². The molecule has 0 fully saturated rings. The molecule has 0 aliphatic carbocycles. The molecule has 0 unspecified atom stereocenters. The third kappa shape index (κ3) is 4.28. The third-order valence-corrected chi connectivity index (χ3v) is 3.82. The number of amides is 1. The molecule has 0 saturated carbocycles. The normalized spacial score (nSPS) is 10.9. The summed E-state index contributed by atoms with van der Waals surface area (Å²) in [5.74, 6) is -0.0529. The molecule has 0 spiro atoms. The van der Waals surface area contributed by atoms with Crippen LogP contribution in [0.5, 0.6) is 0 Å². The molecule has 1 N–H and O–H groups in total. The highest BCUT2D eigenvalue weighted by molar-refractivity contribution is 6.01. The Morgan fingerprint density at radius 2 is 2.07 bits per heavy atom. The van der Waals surface area contributed by atoms with E-state index in [0.717, 1.165) is 5.56 Å². The molecule has 0 aliphatic rings. The lowest BCUT2D eigenvalue weighted by Crippen LogP contribution is -2.23. The van der Waals surface area contributed by atoms with Crippen molar-refractivity contribution >= 4 is 17.7 Å². The second kappa shape index (κ2) is 8.42. The quantitative estimate of drug-likeness (QED) is 0.305. The summed E-state index contributed by atoms with van der Waals surface area (Å²) in [6.07, 6.45) is 4.52. The molecule has 138 valence electrons. The van der Waals surface area contributed by atoms with Crippen LogP contribution >= 0.6 is 0 Å². The number of nitrogens with zero attached hydrogens (tertiary/aromatic N) is 3. The zero-order chi connectivity index (χ0) is 19.9. The Morgan fingerprint density at radius 1 is 1.25 bits per heavy atom. The average molecular weight is 374 g/mol. The first kappa shape index (κ1) is 18.5. The van der Waals surface area contributed by atoms with Crippen molar-refractivity contribution in [3.05, 3.63) is 87.9 Å². The standard InChI is InChI=1S/C20H14N4O4/c21-11-15(20(25)23-13-14-4-3-9-22-12-14)10-16-7-8-19(28-16)17-5-1-2-6-18(17)24(26)27/h1-10,12H,13H2,(H,23,25)/b15-10-. The summed E-state index contributed by atoms with van der Waals surface area (Å²) in [5.41, 5.74) is 0.867. The largest absolute Gasteiger partial charge is 0.456 e. The highest BCUT2D eigenvalue weighted by atomic mass is 16.6. The summed E-state index contributed by atoms with van der Waals surface area (Å²) < 4.78 is 5.58. The lowest BCUT2D eigenvalue weighted by molar-refractivity contribution is -0.384. The maximum Gasteiger partial charge on any atom is 0.280 e. The number of furan rings is 1. The summed E-state index contributed by atoms with van der Waals surface area (Å²) >= 11 is 0. The van der Waals surface area contributed by atoms with Gasteiger partial charge in [0.1, 0.15) is 23.2 Å². The summed E-state index contributed by atoms with van der Waals surface area (Å²) in [6, 6.07) is 14.6. The van der Waals surface area contributed by atoms with E-state index in [1.807, 2.05) is 6.07 Å². The van der Waals surface area contributed by atoms with E-state index in [9.17, 15) is 20.2 Å². The Morgan fingerprint density at radius 3 is 2.79 bits per heavy atom. The minimum absolute atomic E-state index is 0.0953. The number of benzene rings is 1. The molecule has 0 saturated heterocycles. The van der Waals surface area contributed by atoms with Gasteiger partial charge >= 0.3 is 0 Å². The van der Waals surface area contributed by atoms with Crippen molar-refractivity contribution in [3.8, 4) is 17.4 Å². The number of nitro benzene ring substituents is 1. The molecule has 1 aromatic carbocycles. The minimum atomic E-state index is -0.560. The van der Waals surface area contributed by atoms with Crippen molar-refractivity contribution in [3.63, 3.8) is 0 Å². The number of nitro groups is 1. The number of rotatable bonds is 6. The summed E-state index contributed by atoms with van der Waals surface area (Å²) in [4.78, 5) is 26.8. The maximum absolute atomic E-state index is 12.2. The monoisotopic (exact) mass is 374 g/mol. The average Bonchev–Trinajstić information content (AvgIpc) is 3.19. The maximum atomic E-state index is 12.2. The number of nitrogens with one attached hydrogen (secondary N) is 1. The van der Waals surface area contributed by atoms with Gasteiger partial charge in [0, 0.05) is 31.1 Å². The minimum Gasteiger partial charge on any atom is -0.456 e. The van der Waals surface area contributed by atoms with Crippen LogP contribution in [0.15, 0.2) is 70.9 Å². The molecule has 3 aromatic rings. The van der Waals surface area contributed by atoms with Gasteiger partial charge in [0.05, 0.1) is 10.5 Å². The molecule has 2 heterocycles. The van der Waals surface area contributed by atoms with Gasteiger partial charge in [-0.25, -0.2) is 0 Å². The first-order chi connectivity index (χ1) is 13.6. The van der Waals surface area contributed by atoms with Crippen molar-refractivity contribution in [1.82, 2.24) is 10.3 Å². The van der Waals surface area contributed by atoms with E-state index in [2.05, 4.69) is 10.3 Å². The van der Waals surface area contributed by atoms with Crippen LogP contribution in [0, 0.1) is 21.4 Å². The molecule has 0 bridgehead atoms. The van der Waals surface area contributed by atoms with Gasteiger partial charge in [-0.15, -0.1) is 0 Å². The number of hydrogen-bond acceptors (Lipinski definition) is 6. The Labute approximate surface area is 159 Å². The Kier molecular flexibility index (Phi) is 5.58. The van der Waals surface area contributed by atoms with E-state index in [1.165, 1.54) is 18.2 Å². The van der Waals surface area contributed by atoms with Gasteiger partial charge in [0.25, 0.3) is 11.6 Å². The molecule has 0 radical (unpaired) electrons. The molecule has 2 aromatic heterocycles. The van der Waals surface area contributed by atoms with Gasteiger partial charge in [0.2, 0.25) is 0 Å². The predicted octanol–water partition coefficient (Wildman–Crippen LogP) is 3.47. The second-order valence-electron chi connectivity index (χ2n) is 5.69. The molecular weight excluding hydrogens is 360 g/mol. The Hall–Kier alpha value is -4.25. The van der Waals surface area contributed by atoms with E-state index < -0.39 is 10.8 Å². The SMILES string of the molecule is N#C/C(=C/c1ccc(-c2ccccc2[N+](=O)[O-])o1)C(=O)NCc1cccnc1. The van der Waals surface area contributed by atoms with Crippen molar-refractivity contribution < 1.29 is 14.1 Å². The van der Waals surface area contributed by atoms with Gasteiger partial charge in [-0.1, -0.05) is 18.2 Å². The van der Waals surface area contributed by atoms with Gasteiger partial charge in [-0.3, -0.25) is 19.9 Å².